The summed E-state index contributed by atoms with van der Waals surface area (Å²) in [6.45, 7) is 0. The van der Waals surface area contributed by atoms with Crippen molar-refractivity contribution in [3.63, 3.8) is 0 Å². The van der Waals surface area contributed by atoms with Crippen LogP contribution in [-0.2, 0) is 7.05 Å². The average molecular weight is 294 g/mol. The molecule has 0 bridgehead atoms. The Hall–Kier alpha value is -2.47. The maximum Gasteiger partial charge on any atom is 0.344 e. The second-order valence-electron chi connectivity index (χ2n) is 4.01. The molecular formula is C13H10ClN2O4+. The van der Waals surface area contributed by atoms with Crippen LogP contribution >= 0.6 is 11.6 Å². The number of halogens is 1. The van der Waals surface area contributed by atoms with Gasteiger partial charge in [0.25, 0.3) is 0 Å². The molecule has 0 unspecified atom stereocenters. The van der Waals surface area contributed by atoms with Gasteiger partial charge in [0.2, 0.25) is 5.75 Å². The molecule has 0 saturated carbocycles. The first-order valence-corrected chi connectivity index (χ1v) is 5.96. The Balaban J connectivity index is 2.28. The molecule has 102 valence electrons. The molecule has 1 aromatic carbocycles. The van der Waals surface area contributed by atoms with E-state index in [-0.39, 0.29) is 16.5 Å². The average Bonchev–Trinajstić information content (AvgIpc) is 2.41. The summed E-state index contributed by atoms with van der Waals surface area (Å²) < 4.78 is 6.79. The van der Waals surface area contributed by atoms with Crippen molar-refractivity contribution in [3.05, 3.63) is 63.4 Å². The predicted octanol–water partition coefficient (Wildman–Crippen LogP) is 2.29. The van der Waals surface area contributed by atoms with Crippen LogP contribution in [0.25, 0.3) is 0 Å². The van der Waals surface area contributed by atoms with Gasteiger partial charge in [-0.2, -0.15) is 0 Å². The standard InChI is InChI=1S/C13H10ClN2O4/c1-15-6-4-9(5-7-15)13(17)20-12-3-2-10(14)8-11(12)16(18)19/h2-8H,1H3/q+1. The molecule has 0 radical (unpaired) electrons. The second kappa shape index (κ2) is 5.66. The van der Waals surface area contributed by atoms with Crippen LogP contribution in [0.1, 0.15) is 10.4 Å². The molecule has 0 atom stereocenters. The zero-order chi connectivity index (χ0) is 14.7. The third-order valence-corrected chi connectivity index (χ3v) is 2.77. The van der Waals surface area contributed by atoms with E-state index in [1.54, 1.807) is 36.1 Å². The highest BCUT2D eigenvalue weighted by Gasteiger charge is 2.19. The quantitative estimate of drug-likeness (QED) is 0.286. The number of aromatic nitrogens is 1. The number of aryl methyl sites for hydroxylation is 1. The molecule has 20 heavy (non-hydrogen) atoms. The van der Waals surface area contributed by atoms with Gasteiger partial charge >= 0.3 is 11.7 Å². The molecule has 7 heteroatoms. The summed E-state index contributed by atoms with van der Waals surface area (Å²) in [6.07, 6.45) is 3.35. The molecule has 0 aliphatic heterocycles. The van der Waals surface area contributed by atoms with E-state index in [0.717, 1.165) is 6.07 Å². The number of ether oxygens (including phenoxy) is 1. The number of benzene rings is 1. The Morgan fingerprint density at radius 1 is 1.30 bits per heavy atom. The molecule has 0 N–H and O–H groups in total. The van der Waals surface area contributed by atoms with Gasteiger partial charge in [0.1, 0.15) is 7.05 Å². The molecule has 0 fully saturated rings. The van der Waals surface area contributed by atoms with E-state index < -0.39 is 10.9 Å². The summed E-state index contributed by atoms with van der Waals surface area (Å²) in [5.41, 5.74) is -0.0558. The van der Waals surface area contributed by atoms with Crippen LogP contribution in [0.3, 0.4) is 0 Å². The molecule has 0 aliphatic rings. The number of hydrogen-bond donors (Lipinski definition) is 0. The Morgan fingerprint density at radius 3 is 2.55 bits per heavy atom. The number of nitro benzene ring substituents is 1. The molecule has 2 rings (SSSR count). The smallest absolute Gasteiger partial charge is 0.344 e. The van der Waals surface area contributed by atoms with Crippen molar-refractivity contribution < 1.29 is 19.0 Å². The van der Waals surface area contributed by atoms with Crippen LogP contribution in [-0.4, -0.2) is 10.9 Å². The predicted molar refractivity (Wildman–Crippen MR) is 70.7 cm³/mol. The highest BCUT2D eigenvalue weighted by Crippen LogP contribution is 2.30. The Morgan fingerprint density at radius 2 is 1.95 bits per heavy atom. The SMILES string of the molecule is C[n+]1ccc(C(=O)Oc2ccc(Cl)cc2[N+](=O)[O-])cc1. The van der Waals surface area contributed by atoms with Crippen molar-refractivity contribution >= 4 is 23.3 Å². The topological polar surface area (TPSA) is 73.3 Å². The van der Waals surface area contributed by atoms with Gasteiger partial charge in [-0.15, -0.1) is 0 Å². The number of hydrogen-bond acceptors (Lipinski definition) is 4. The number of carbonyl (C=O) groups excluding carboxylic acids is 1. The van der Waals surface area contributed by atoms with Crippen molar-refractivity contribution in [2.75, 3.05) is 0 Å². The number of nitrogens with zero attached hydrogens (tertiary/aromatic N) is 2. The van der Waals surface area contributed by atoms with Crippen molar-refractivity contribution in [1.82, 2.24) is 0 Å². The van der Waals surface area contributed by atoms with Crippen molar-refractivity contribution in [3.8, 4) is 5.75 Å². The van der Waals surface area contributed by atoms with E-state index in [1.165, 1.54) is 12.1 Å². The number of nitro groups is 1. The van der Waals surface area contributed by atoms with Crippen LogP contribution in [0.5, 0.6) is 5.75 Å². The van der Waals surface area contributed by atoms with Crippen LogP contribution < -0.4 is 9.30 Å². The number of pyridine rings is 1. The lowest BCUT2D eigenvalue weighted by Gasteiger charge is -2.04. The summed E-state index contributed by atoms with van der Waals surface area (Å²) in [6, 6.07) is 6.97. The van der Waals surface area contributed by atoms with E-state index in [1.807, 2.05) is 0 Å². The number of carbonyl (C=O) groups is 1. The van der Waals surface area contributed by atoms with Gasteiger partial charge < -0.3 is 4.74 Å². The molecule has 0 aliphatic carbocycles. The Bertz CT molecular complexity index is 671. The molecule has 1 heterocycles. The minimum absolute atomic E-state index is 0.141. The monoisotopic (exact) mass is 293 g/mol. The zero-order valence-corrected chi connectivity index (χ0v) is 11.2. The summed E-state index contributed by atoms with van der Waals surface area (Å²) in [5, 5.41) is 11.1. The molecule has 2 aromatic rings. The lowest BCUT2D eigenvalue weighted by Crippen LogP contribution is -2.26. The molecule has 0 amide bonds. The van der Waals surface area contributed by atoms with E-state index in [4.69, 9.17) is 16.3 Å². The minimum atomic E-state index is -0.670. The van der Waals surface area contributed by atoms with E-state index >= 15 is 0 Å². The zero-order valence-electron chi connectivity index (χ0n) is 10.4. The third-order valence-electron chi connectivity index (χ3n) is 2.53. The maximum absolute atomic E-state index is 11.9. The van der Waals surface area contributed by atoms with Crippen molar-refractivity contribution in [1.29, 1.82) is 0 Å². The fourth-order valence-electron chi connectivity index (χ4n) is 1.52. The number of esters is 1. The lowest BCUT2D eigenvalue weighted by atomic mass is 10.2. The van der Waals surface area contributed by atoms with Gasteiger partial charge in [0.05, 0.1) is 10.5 Å². The van der Waals surface area contributed by atoms with Crippen LogP contribution in [0, 0.1) is 10.1 Å². The van der Waals surface area contributed by atoms with Crippen molar-refractivity contribution in [2.45, 2.75) is 0 Å². The second-order valence-corrected chi connectivity index (χ2v) is 4.45. The van der Waals surface area contributed by atoms with E-state index in [0.29, 0.717) is 5.56 Å². The third kappa shape index (κ3) is 3.10. The fourth-order valence-corrected chi connectivity index (χ4v) is 1.68. The first-order chi connectivity index (χ1) is 9.47. The molecular weight excluding hydrogens is 284 g/mol. The first kappa shape index (κ1) is 14.0. The molecule has 1 aromatic heterocycles. The summed E-state index contributed by atoms with van der Waals surface area (Å²) in [4.78, 5) is 22.1. The van der Waals surface area contributed by atoms with E-state index in [2.05, 4.69) is 0 Å². The highest BCUT2D eigenvalue weighted by atomic mass is 35.5. The lowest BCUT2D eigenvalue weighted by molar-refractivity contribution is -0.671. The Kier molecular flexibility index (Phi) is 3.95. The first-order valence-electron chi connectivity index (χ1n) is 5.59. The number of rotatable bonds is 3. The van der Waals surface area contributed by atoms with Gasteiger partial charge in [-0.05, 0) is 12.1 Å². The Labute approximate surface area is 119 Å². The normalized spacial score (nSPS) is 10.1. The van der Waals surface area contributed by atoms with Crippen LogP contribution in [0.4, 0.5) is 5.69 Å². The van der Waals surface area contributed by atoms with Gasteiger partial charge in [-0.25, -0.2) is 9.36 Å². The summed E-state index contributed by atoms with van der Waals surface area (Å²) in [7, 11) is 1.80. The minimum Gasteiger partial charge on any atom is -0.416 e. The fraction of sp³-hybridized carbons (Fsp3) is 0.0769. The van der Waals surface area contributed by atoms with Crippen molar-refractivity contribution in [2.24, 2.45) is 7.05 Å². The molecule has 0 saturated heterocycles. The van der Waals surface area contributed by atoms with Gasteiger partial charge in [0.15, 0.2) is 12.4 Å². The van der Waals surface area contributed by atoms with Gasteiger partial charge in [-0.3, -0.25) is 10.1 Å². The van der Waals surface area contributed by atoms with Gasteiger partial charge in [-0.1, -0.05) is 11.6 Å². The summed E-state index contributed by atoms with van der Waals surface area (Å²) in [5.74, 6) is -0.811. The van der Waals surface area contributed by atoms with Gasteiger partial charge in [0, 0.05) is 23.2 Å². The van der Waals surface area contributed by atoms with Crippen LogP contribution in [0.15, 0.2) is 42.7 Å². The largest absolute Gasteiger partial charge is 0.416 e. The van der Waals surface area contributed by atoms with E-state index in [9.17, 15) is 14.9 Å². The van der Waals surface area contributed by atoms with Crippen LogP contribution in [0.2, 0.25) is 5.02 Å². The molecule has 6 nitrogen and oxygen atoms in total. The molecule has 0 spiro atoms. The highest BCUT2D eigenvalue weighted by molar-refractivity contribution is 6.30. The maximum atomic E-state index is 11.9. The summed E-state index contributed by atoms with van der Waals surface area (Å²) >= 11 is 5.68.